The minimum Gasteiger partial charge on any atom is -0.497 e. The van der Waals surface area contributed by atoms with Crippen LogP contribution in [0.1, 0.15) is 93.7 Å². The summed E-state index contributed by atoms with van der Waals surface area (Å²) in [7, 11) is -2.05. The molecule has 5 rings (SSSR count). The zero-order chi connectivity index (χ0) is 31.2. The number of aromatic nitrogens is 1. The monoisotopic (exact) mass is 624 g/mol. The Morgan fingerprint density at radius 1 is 0.955 bits per heavy atom. The number of pyridine rings is 1. The van der Waals surface area contributed by atoms with Gasteiger partial charge >= 0.3 is 0 Å². The van der Waals surface area contributed by atoms with Crippen LogP contribution in [0.4, 0.5) is 0 Å². The zero-order valence-electron chi connectivity index (χ0n) is 27.1. The Morgan fingerprint density at radius 3 is 2.27 bits per heavy atom. The quantitative estimate of drug-likeness (QED) is 0.294. The number of carbonyl (C=O) groups is 1. The van der Waals surface area contributed by atoms with E-state index in [4.69, 9.17) is 4.74 Å². The third-order valence-corrected chi connectivity index (χ3v) is 12.7. The van der Waals surface area contributed by atoms with Crippen molar-refractivity contribution in [2.45, 2.75) is 107 Å². The number of likely N-dealkylation sites (tertiary alicyclic amines) is 2. The van der Waals surface area contributed by atoms with Gasteiger partial charge in [0.05, 0.1) is 12.0 Å². The summed E-state index contributed by atoms with van der Waals surface area (Å²) < 4.78 is 34.9. The highest BCUT2D eigenvalue weighted by Crippen LogP contribution is 2.40. The van der Waals surface area contributed by atoms with E-state index in [-0.39, 0.29) is 17.4 Å². The highest BCUT2D eigenvalue weighted by atomic mass is 32.2. The lowest BCUT2D eigenvalue weighted by molar-refractivity contribution is -0.133. The topological polar surface area (TPSA) is 83.0 Å². The number of hydrogen-bond acceptors (Lipinski definition) is 6. The number of piperidine rings is 2. The van der Waals surface area contributed by atoms with Crippen LogP contribution in [0.5, 0.6) is 5.75 Å². The highest BCUT2D eigenvalue weighted by Gasteiger charge is 2.38. The predicted octanol–water partition coefficient (Wildman–Crippen LogP) is 5.86. The molecule has 3 aliphatic rings. The van der Waals surface area contributed by atoms with Gasteiger partial charge in [-0.1, -0.05) is 6.42 Å². The van der Waals surface area contributed by atoms with Crippen LogP contribution in [0.15, 0.2) is 41.6 Å². The average Bonchev–Trinajstić information content (AvgIpc) is 3.55. The van der Waals surface area contributed by atoms with Crippen molar-refractivity contribution in [2.24, 2.45) is 0 Å². The summed E-state index contributed by atoms with van der Waals surface area (Å²) in [6.45, 7) is 9.42. The van der Waals surface area contributed by atoms with Gasteiger partial charge < -0.3 is 14.5 Å². The van der Waals surface area contributed by atoms with Gasteiger partial charge in [0.1, 0.15) is 5.75 Å². The molecule has 0 radical (unpaired) electrons. The van der Waals surface area contributed by atoms with Crippen molar-refractivity contribution in [2.75, 3.05) is 46.4 Å². The fourth-order valence-corrected chi connectivity index (χ4v) is 10.1. The molecule has 1 atom stereocenters. The van der Waals surface area contributed by atoms with Gasteiger partial charge in [0, 0.05) is 44.5 Å². The number of rotatable bonds is 12. The van der Waals surface area contributed by atoms with Crippen molar-refractivity contribution >= 4 is 15.9 Å². The molecule has 1 amide bonds. The van der Waals surface area contributed by atoms with Crippen LogP contribution in [0.25, 0.3) is 0 Å². The molecule has 0 bridgehead atoms. The second-order valence-corrected chi connectivity index (χ2v) is 15.1. The molecular formula is C35H52N4O4S. The van der Waals surface area contributed by atoms with Gasteiger partial charge in [-0.05, 0) is 144 Å². The van der Waals surface area contributed by atoms with Gasteiger partial charge in [0.15, 0.2) is 0 Å². The molecule has 3 fully saturated rings. The molecule has 0 saturated carbocycles. The molecule has 9 heteroatoms. The van der Waals surface area contributed by atoms with Crippen LogP contribution in [0.3, 0.4) is 0 Å². The Balaban J connectivity index is 1.16. The van der Waals surface area contributed by atoms with E-state index in [9.17, 15) is 13.2 Å². The summed E-state index contributed by atoms with van der Waals surface area (Å²) in [6.07, 6.45) is 15.4. The van der Waals surface area contributed by atoms with Crippen LogP contribution in [0.2, 0.25) is 0 Å². The van der Waals surface area contributed by atoms with E-state index in [1.165, 1.54) is 44.5 Å². The molecule has 3 saturated heterocycles. The highest BCUT2D eigenvalue weighted by molar-refractivity contribution is 7.89. The van der Waals surface area contributed by atoms with Gasteiger partial charge in [0.25, 0.3) is 0 Å². The van der Waals surface area contributed by atoms with Gasteiger partial charge in [0.2, 0.25) is 15.9 Å². The van der Waals surface area contributed by atoms with Crippen molar-refractivity contribution in [3.63, 3.8) is 0 Å². The number of ether oxygens (including phenoxy) is 1. The van der Waals surface area contributed by atoms with Crippen LogP contribution in [-0.2, 0) is 20.2 Å². The first-order valence-corrected chi connectivity index (χ1v) is 18.3. The standard InChI is InChI=1S/C35H52N4O4S/c1-28-26-32(43-3)27-29(2)34(28)44(41,42)39-23-5-4-10-31(39)11-8-12-33(40)38-24-16-35(17-25-38,30-13-18-36-19-14-30)15-9-22-37-20-6-7-21-37/h13-14,18-19,26-27,31H,4-12,15-17,20-25H2,1-3H3. The van der Waals surface area contributed by atoms with Crippen LogP contribution in [0, 0.1) is 13.8 Å². The number of carbonyl (C=O) groups excluding carboxylic acids is 1. The molecule has 4 heterocycles. The van der Waals surface area contributed by atoms with Crippen LogP contribution < -0.4 is 4.74 Å². The van der Waals surface area contributed by atoms with Gasteiger partial charge in [-0.2, -0.15) is 4.31 Å². The molecule has 242 valence electrons. The minimum atomic E-state index is -3.65. The predicted molar refractivity (Wildman–Crippen MR) is 174 cm³/mol. The maximum atomic E-state index is 13.9. The van der Waals surface area contributed by atoms with Gasteiger partial charge in [-0.25, -0.2) is 8.42 Å². The lowest BCUT2D eigenvalue weighted by Gasteiger charge is -2.43. The molecule has 0 aliphatic carbocycles. The van der Waals surface area contributed by atoms with Crippen molar-refractivity contribution in [3.8, 4) is 5.75 Å². The summed E-state index contributed by atoms with van der Waals surface area (Å²) >= 11 is 0. The third kappa shape index (κ3) is 7.48. The van der Waals surface area contributed by atoms with E-state index in [1.54, 1.807) is 23.5 Å². The molecule has 8 nitrogen and oxygen atoms in total. The number of sulfonamides is 1. The molecular weight excluding hydrogens is 572 g/mol. The molecule has 1 unspecified atom stereocenters. The lowest BCUT2D eigenvalue weighted by atomic mass is 9.70. The Kier molecular flexibility index (Phi) is 11.0. The Labute approximate surface area is 265 Å². The van der Waals surface area contributed by atoms with Crippen molar-refractivity contribution in [1.82, 2.24) is 19.1 Å². The summed E-state index contributed by atoms with van der Waals surface area (Å²) in [6, 6.07) is 7.87. The van der Waals surface area contributed by atoms with Gasteiger partial charge in [-0.3, -0.25) is 9.78 Å². The Hall–Kier alpha value is -2.49. The number of aryl methyl sites for hydroxylation is 2. The van der Waals surface area contributed by atoms with E-state index in [1.807, 2.05) is 26.2 Å². The molecule has 2 aromatic rings. The second kappa shape index (κ2) is 14.7. The maximum Gasteiger partial charge on any atom is 0.243 e. The van der Waals surface area contributed by atoms with E-state index in [2.05, 4.69) is 26.9 Å². The minimum absolute atomic E-state index is 0.0706. The molecule has 1 aromatic heterocycles. The fraction of sp³-hybridized carbons (Fsp3) is 0.657. The summed E-state index contributed by atoms with van der Waals surface area (Å²) in [4.78, 5) is 22.7. The van der Waals surface area contributed by atoms with E-state index >= 15 is 0 Å². The first-order valence-electron chi connectivity index (χ1n) is 16.8. The lowest BCUT2D eigenvalue weighted by Crippen LogP contribution is -2.46. The second-order valence-electron chi connectivity index (χ2n) is 13.3. The van der Waals surface area contributed by atoms with E-state index < -0.39 is 10.0 Å². The normalized spacial score (nSPS) is 21.4. The van der Waals surface area contributed by atoms with Crippen LogP contribution >= 0.6 is 0 Å². The third-order valence-electron chi connectivity index (χ3n) is 10.4. The number of amides is 1. The first-order chi connectivity index (χ1) is 21.2. The first kappa shape index (κ1) is 32.9. The van der Waals surface area contributed by atoms with Crippen molar-refractivity contribution < 1.29 is 17.9 Å². The molecule has 0 spiro atoms. The van der Waals surface area contributed by atoms with Crippen molar-refractivity contribution in [1.29, 1.82) is 0 Å². The maximum absolute atomic E-state index is 13.9. The van der Waals surface area contributed by atoms with E-state index in [0.29, 0.717) is 47.6 Å². The largest absolute Gasteiger partial charge is 0.497 e. The number of benzene rings is 1. The van der Waals surface area contributed by atoms with E-state index in [0.717, 1.165) is 51.6 Å². The zero-order valence-corrected chi connectivity index (χ0v) is 27.9. The summed E-state index contributed by atoms with van der Waals surface area (Å²) in [5, 5.41) is 0. The summed E-state index contributed by atoms with van der Waals surface area (Å²) in [5.41, 5.74) is 2.89. The molecule has 3 aliphatic heterocycles. The molecule has 1 aromatic carbocycles. The number of hydrogen-bond donors (Lipinski definition) is 0. The molecule has 0 N–H and O–H groups in total. The van der Waals surface area contributed by atoms with Crippen molar-refractivity contribution in [3.05, 3.63) is 53.3 Å². The fourth-order valence-electron chi connectivity index (χ4n) is 8.00. The molecule has 44 heavy (non-hydrogen) atoms. The summed E-state index contributed by atoms with van der Waals surface area (Å²) in [5.74, 6) is 0.878. The average molecular weight is 625 g/mol. The Morgan fingerprint density at radius 2 is 1.61 bits per heavy atom. The van der Waals surface area contributed by atoms with Crippen LogP contribution in [-0.4, -0.2) is 85.8 Å². The smallest absolute Gasteiger partial charge is 0.243 e. The van der Waals surface area contributed by atoms with Gasteiger partial charge in [-0.15, -0.1) is 0 Å². The number of methoxy groups -OCH3 is 1. The SMILES string of the molecule is COc1cc(C)c(S(=O)(=O)N2CCCCC2CCCC(=O)N2CCC(CCCN3CCCC3)(c3ccncc3)CC2)c(C)c1. The Bertz CT molecular complexity index is 1330. The number of nitrogens with zero attached hydrogens (tertiary/aromatic N) is 4.